The molecule has 1 atom stereocenters. The van der Waals surface area contributed by atoms with E-state index in [2.05, 4.69) is 0 Å². The standard InChI is InChI=1S/C14H8ClF5O/c1-14(21,6-4-2-3-5-7(6)15)8-9(16)11(18)13(20)12(19)10(8)17/h2-5,21H,1H3. The lowest BCUT2D eigenvalue weighted by atomic mass is 9.87. The topological polar surface area (TPSA) is 20.2 Å². The van der Waals surface area contributed by atoms with E-state index in [1.54, 1.807) is 0 Å². The van der Waals surface area contributed by atoms with Crippen molar-refractivity contribution in [2.24, 2.45) is 0 Å². The molecular weight excluding hydrogens is 315 g/mol. The number of rotatable bonds is 2. The number of halogens is 6. The van der Waals surface area contributed by atoms with Crippen molar-refractivity contribution in [3.05, 3.63) is 69.5 Å². The molecule has 0 aliphatic carbocycles. The van der Waals surface area contributed by atoms with E-state index >= 15 is 0 Å². The first-order valence-corrected chi connectivity index (χ1v) is 6.06. The first-order valence-electron chi connectivity index (χ1n) is 5.68. The van der Waals surface area contributed by atoms with Gasteiger partial charge in [0, 0.05) is 10.6 Å². The predicted molar refractivity (Wildman–Crippen MR) is 66.4 cm³/mol. The number of aliphatic hydroxyl groups is 1. The average Bonchev–Trinajstić information content (AvgIpc) is 2.43. The molecular formula is C14H8ClF5O. The van der Waals surface area contributed by atoms with Gasteiger partial charge >= 0.3 is 0 Å². The number of hydrogen-bond acceptors (Lipinski definition) is 1. The Balaban J connectivity index is 2.80. The van der Waals surface area contributed by atoms with Crippen LogP contribution in [0.25, 0.3) is 0 Å². The van der Waals surface area contributed by atoms with Gasteiger partial charge in [0.15, 0.2) is 23.3 Å². The van der Waals surface area contributed by atoms with Crippen molar-refractivity contribution in [3.63, 3.8) is 0 Å². The molecule has 0 radical (unpaired) electrons. The molecule has 0 saturated heterocycles. The SMILES string of the molecule is CC(O)(c1ccccc1Cl)c1c(F)c(F)c(F)c(F)c1F. The predicted octanol–water partition coefficient (Wildman–Crippen LogP) is 4.29. The molecule has 1 unspecified atom stereocenters. The maximum absolute atomic E-state index is 13.8. The largest absolute Gasteiger partial charge is 0.380 e. The molecule has 0 amide bonds. The highest BCUT2D eigenvalue weighted by atomic mass is 35.5. The van der Waals surface area contributed by atoms with Gasteiger partial charge in [-0.15, -0.1) is 0 Å². The van der Waals surface area contributed by atoms with Crippen LogP contribution in [0.4, 0.5) is 22.0 Å². The summed E-state index contributed by atoms with van der Waals surface area (Å²) in [6.45, 7) is 0.895. The van der Waals surface area contributed by atoms with Crippen LogP contribution in [-0.2, 0) is 5.60 Å². The van der Waals surface area contributed by atoms with Gasteiger partial charge in [0.25, 0.3) is 0 Å². The lowest BCUT2D eigenvalue weighted by molar-refractivity contribution is 0.0905. The molecule has 0 aromatic heterocycles. The number of benzene rings is 2. The van der Waals surface area contributed by atoms with Crippen LogP contribution in [0.5, 0.6) is 0 Å². The third kappa shape index (κ3) is 2.38. The van der Waals surface area contributed by atoms with Crippen molar-refractivity contribution in [3.8, 4) is 0 Å². The first kappa shape index (κ1) is 15.7. The van der Waals surface area contributed by atoms with Crippen LogP contribution < -0.4 is 0 Å². The first-order chi connectivity index (χ1) is 9.69. The minimum atomic E-state index is -2.50. The van der Waals surface area contributed by atoms with Crippen LogP contribution >= 0.6 is 11.6 Å². The second-order valence-corrected chi connectivity index (χ2v) is 4.90. The third-order valence-electron chi connectivity index (χ3n) is 3.09. The summed E-state index contributed by atoms with van der Waals surface area (Å²) >= 11 is 5.81. The van der Waals surface area contributed by atoms with E-state index in [0.717, 1.165) is 6.92 Å². The summed E-state index contributed by atoms with van der Waals surface area (Å²) in [6.07, 6.45) is 0. The molecule has 21 heavy (non-hydrogen) atoms. The number of hydrogen-bond donors (Lipinski definition) is 1. The molecule has 0 bridgehead atoms. The second-order valence-electron chi connectivity index (χ2n) is 4.50. The van der Waals surface area contributed by atoms with Gasteiger partial charge in [-0.1, -0.05) is 29.8 Å². The lowest BCUT2D eigenvalue weighted by Crippen LogP contribution is -2.28. The van der Waals surface area contributed by atoms with Crippen LogP contribution in [0.15, 0.2) is 24.3 Å². The van der Waals surface area contributed by atoms with Crippen molar-refractivity contribution in [1.82, 2.24) is 0 Å². The van der Waals surface area contributed by atoms with E-state index in [1.807, 2.05) is 0 Å². The summed E-state index contributed by atoms with van der Waals surface area (Å²) in [5.74, 6) is -10.7. The van der Waals surface area contributed by atoms with Crippen LogP contribution in [0.1, 0.15) is 18.1 Å². The minimum absolute atomic E-state index is 0.0774. The molecule has 1 nitrogen and oxygen atoms in total. The van der Waals surface area contributed by atoms with E-state index in [4.69, 9.17) is 11.6 Å². The van der Waals surface area contributed by atoms with E-state index in [1.165, 1.54) is 24.3 Å². The van der Waals surface area contributed by atoms with Gasteiger partial charge in [0.05, 0.1) is 5.56 Å². The zero-order valence-corrected chi connectivity index (χ0v) is 11.3. The summed E-state index contributed by atoms with van der Waals surface area (Å²) in [7, 11) is 0. The van der Waals surface area contributed by atoms with Gasteiger partial charge in [-0.05, 0) is 13.0 Å². The molecule has 0 fully saturated rings. The molecule has 1 N–H and O–H groups in total. The summed E-state index contributed by atoms with van der Waals surface area (Å²) < 4.78 is 67.1. The van der Waals surface area contributed by atoms with E-state index < -0.39 is 40.3 Å². The monoisotopic (exact) mass is 322 g/mol. The summed E-state index contributed by atoms with van der Waals surface area (Å²) in [6, 6.07) is 5.43. The van der Waals surface area contributed by atoms with Crippen molar-refractivity contribution < 1.29 is 27.1 Å². The highest BCUT2D eigenvalue weighted by molar-refractivity contribution is 6.31. The highest BCUT2D eigenvalue weighted by Crippen LogP contribution is 2.38. The average molecular weight is 323 g/mol. The summed E-state index contributed by atoms with van der Waals surface area (Å²) in [5.41, 5.74) is -4.04. The Morgan fingerprint density at radius 1 is 0.857 bits per heavy atom. The van der Waals surface area contributed by atoms with Crippen molar-refractivity contribution in [2.75, 3.05) is 0 Å². The smallest absolute Gasteiger partial charge is 0.200 e. The van der Waals surface area contributed by atoms with Gasteiger partial charge < -0.3 is 5.11 Å². The Hall–Kier alpha value is -1.66. The Labute approximate surface area is 121 Å². The maximum Gasteiger partial charge on any atom is 0.200 e. The van der Waals surface area contributed by atoms with Gasteiger partial charge in [-0.25, -0.2) is 22.0 Å². The molecule has 0 spiro atoms. The van der Waals surface area contributed by atoms with Crippen molar-refractivity contribution >= 4 is 11.6 Å². The zero-order valence-electron chi connectivity index (χ0n) is 10.5. The fourth-order valence-electron chi connectivity index (χ4n) is 2.02. The van der Waals surface area contributed by atoms with E-state index in [-0.39, 0.29) is 10.6 Å². The molecule has 7 heteroatoms. The molecule has 2 aromatic carbocycles. The Morgan fingerprint density at radius 2 is 1.29 bits per heavy atom. The Morgan fingerprint density at radius 3 is 1.76 bits per heavy atom. The van der Waals surface area contributed by atoms with E-state index in [0.29, 0.717) is 0 Å². The zero-order chi connectivity index (χ0) is 15.9. The van der Waals surface area contributed by atoms with Crippen LogP contribution in [-0.4, -0.2) is 5.11 Å². The van der Waals surface area contributed by atoms with Crippen molar-refractivity contribution in [1.29, 1.82) is 0 Å². The van der Waals surface area contributed by atoms with Gasteiger partial charge in [0.2, 0.25) is 5.82 Å². The Bertz CT molecular complexity index is 686. The molecule has 112 valence electrons. The van der Waals surface area contributed by atoms with Gasteiger partial charge in [-0.2, -0.15) is 0 Å². The molecule has 0 heterocycles. The minimum Gasteiger partial charge on any atom is -0.380 e. The van der Waals surface area contributed by atoms with Gasteiger partial charge in [-0.3, -0.25) is 0 Å². The molecule has 2 rings (SSSR count). The Kier molecular flexibility index (Phi) is 3.95. The van der Waals surface area contributed by atoms with Crippen LogP contribution in [0.3, 0.4) is 0 Å². The molecule has 0 saturated carbocycles. The quantitative estimate of drug-likeness (QED) is 0.497. The van der Waals surface area contributed by atoms with Crippen molar-refractivity contribution in [2.45, 2.75) is 12.5 Å². The third-order valence-corrected chi connectivity index (χ3v) is 3.42. The maximum atomic E-state index is 13.8. The lowest BCUT2D eigenvalue weighted by Gasteiger charge is -2.26. The van der Waals surface area contributed by atoms with E-state index in [9.17, 15) is 27.1 Å². The van der Waals surface area contributed by atoms with Crippen LogP contribution in [0.2, 0.25) is 5.02 Å². The van der Waals surface area contributed by atoms with Crippen LogP contribution in [0, 0.1) is 29.1 Å². The molecule has 0 aliphatic heterocycles. The normalized spacial score (nSPS) is 14.1. The summed E-state index contributed by atoms with van der Waals surface area (Å²) in [4.78, 5) is 0. The summed E-state index contributed by atoms with van der Waals surface area (Å²) in [5, 5.41) is 10.2. The van der Waals surface area contributed by atoms with Gasteiger partial charge in [0.1, 0.15) is 5.60 Å². The molecule has 0 aliphatic rings. The fraction of sp³-hybridized carbons (Fsp3) is 0.143. The fourth-order valence-corrected chi connectivity index (χ4v) is 2.34. The highest BCUT2D eigenvalue weighted by Gasteiger charge is 2.38. The molecule has 2 aromatic rings. The second kappa shape index (κ2) is 5.27.